The molecule has 2 rings (SSSR count). The van der Waals surface area contributed by atoms with Crippen molar-refractivity contribution in [3.05, 3.63) is 28.5 Å². The third kappa shape index (κ3) is 3.45. The third-order valence-corrected chi connectivity index (χ3v) is 4.55. The maximum Gasteiger partial charge on any atom is 0.253 e. The van der Waals surface area contributed by atoms with Crippen LogP contribution in [0.2, 0.25) is 0 Å². The SMILES string of the molecule is CSC1CCC(NC(=O)c2cncc(Br)c2)C1. The zero-order valence-electron chi connectivity index (χ0n) is 9.65. The summed E-state index contributed by atoms with van der Waals surface area (Å²) in [5, 5.41) is 3.77. The van der Waals surface area contributed by atoms with E-state index in [1.807, 2.05) is 11.8 Å². The Bertz CT molecular complexity index is 413. The zero-order chi connectivity index (χ0) is 12.3. The predicted molar refractivity (Wildman–Crippen MR) is 74.3 cm³/mol. The highest BCUT2D eigenvalue weighted by atomic mass is 79.9. The highest BCUT2D eigenvalue weighted by Gasteiger charge is 2.25. The summed E-state index contributed by atoms with van der Waals surface area (Å²) < 4.78 is 0.832. The van der Waals surface area contributed by atoms with Crippen LogP contribution in [0.4, 0.5) is 0 Å². The van der Waals surface area contributed by atoms with E-state index in [9.17, 15) is 4.79 Å². The first-order valence-electron chi connectivity index (χ1n) is 5.63. The van der Waals surface area contributed by atoms with Crippen LogP contribution in [0.1, 0.15) is 29.6 Å². The van der Waals surface area contributed by atoms with Gasteiger partial charge in [-0.1, -0.05) is 0 Å². The molecule has 5 heteroatoms. The fourth-order valence-corrected chi connectivity index (χ4v) is 3.25. The van der Waals surface area contributed by atoms with Crippen LogP contribution in [-0.4, -0.2) is 28.4 Å². The summed E-state index contributed by atoms with van der Waals surface area (Å²) in [6, 6.07) is 2.11. The fourth-order valence-electron chi connectivity index (χ4n) is 2.09. The summed E-state index contributed by atoms with van der Waals surface area (Å²) >= 11 is 5.21. The van der Waals surface area contributed by atoms with Crippen LogP contribution in [0.15, 0.2) is 22.9 Å². The summed E-state index contributed by atoms with van der Waals surface area (Å²) in [6.45, 7) is 0. The fraction of sp³-hybridized carbons (Fsp3) is 0.500. The Balaban J connectivity index is 1.94. The average molecular weight is 315 g/mol. The number of amides is 1. The van der Waals surface area contributed by atoms with Gasteiger partial charge in [0.15, 0.2) is 0 Å². The van der Waals surface area contributed by atoms with Crippen molar-refractivity contribution in [1.82, 2.24) is 10.3 Å². The van der Waals surface area contributed by atoms with Crippen molar-refractivity contribution in [2.24, 2.45) is 0 Å². The summed E-state index contributed by atoms with van der Waals surface area (Å²) in [4.78, 5) is 16.0. The van der Waals surface area contributed by atoms with Gasteiger partial charge in [-0.25, -0.2) is 0 Å². The average Bonchev–Trinajstić information content (AvgIpc) is 2.77. The van der Waals surface area contributed by atoms with Crippen LogP contribution in [-0.2, 0) is 0 Å². The minimum Gasteiger partial charge on any atom is -0.349 e. The van der Waals surface area contributed by atoms with E-state index in [1.165, 1.54) is 6.42 Å². The molecule has 1 aliphatic rings. The summed E-state index contributed by atoms with van der Waals surface area (Å²) in [5.74, 6) is -0.0226. The minimum atomic E-state index is -0.0226. The van der Waals surface area contributed by atoms with E-state index >= 15 is 0 Å². The lowest BCUT2D eigenvalue weighted by Crippen LogP contribution is -2.33. The van der Waals surface area contributed by atoms with Crippen LogP contribution < -0.4 is 5.32 Å². The molecule has 1 heterocycles. The first-order chi connectivity index (χ1) is 8.19. The molecule has 1 amide bonds. The number of aromatic nitrogens is 1. The lowest BCUT2D eigenvalue weighted by atomic mass is 10.2. The molecule has 1 fully saturated rings. The Morgan fingerprint density at radius 1 is 1.53 bits per heavy atom. The molecule has 1 aromatic rings. The van der Waals surface area contributed by atoms with Gasteiger partial charge in [-0.05, 0) is 47.5 Å². The summed E-state index contributed by atoms with van der Waals surface area (Å²) in [5.41, 5.74) is 0.618. The summed E-state index contributed by atoms with van der Waals surface area (Å²) in [6.07, 6.45) is 8.76. The van der Waals surface area contributed by atoms with E-state index < -0.39 is 0 Å². The van der Waals surface area contributed by atoms with Gasteiger partial charge in [0, 0.05) is 28.2 Å². The van der Waals surface area contributed by atoms with Gasteiger partial charge in [-0.3, -0.25) is 9.78 Å². The van der Waals surface area contributed by atoms with Crippen LogP contribution >= 0.6 is 27.7 Å². The van der Waals surface area contributed by atoms with Gasteiger partial charge in [0.25, 0.3) is 5.91 Å². The molecular formula is C12H15BrN2OS. The number of carbonyl (C=O) groups excluding carboxylic acids is 1. The minimum absolute atomic E-state index is 0.0226. The summed E-state index contributed by atoms with van der Waals surface area (Å²) in [7, 11) is 0. The maximum atomic E-state index is 12.0. The normalized spacial score (nSPS) is 23.6. The number of hydrogen-bond acceptors (Lipinski definition) is 3. The third-order valence-electron chi connectivity index (χ3n) is 3.02. The molecule has 0 radical (unpaired) electrons. The van der Waals surface area contributed by atoms with Gasteiger partial charge in [0.2, 0.25) is 0 Å². The number of hydrogen-bond donors (Lipinski definition) is 1. The molecule has 92 valence electrons. The van der Waals surface area contributed by atoms with Crippen molar-refractivity contribution in [1.29, 1.82) is 0 Å². The van der Waals surface area contributed by atoms with Gasteiger partial charge in [-0.2, -0.15) is 11.8 Å². The van der Waals surface area contributed by atoms with Gasteiger partial charge < -0.3 is 5.32 Å². The Labute approximate surface area is 114 Å². The van der Waals surface area contributed by atoms with Gasteiger partial charge in [0.1, 0.15) is 0 Å². The van der Waals surface area contributed by atoms with Crippen molar-refractivity contribution < 1.29 is 4.79 Å². The standard InChI is InChI=1S/C12H15BrN2OS/c1-17-11-3-2-10(5-11)15-12(16)8-4-9(13)7-14-6-8/h4,6-7,10-11H,2-3,5H2,1H3,(H,15,16). The molecular weight excluding hydrogens is 300 g/mol. The molecule has 0 spiro atoms. The Morgan fingerprint density at radius 2 is 2.35 bits per heavy atom. The highest BCUT2D eigenvalue weighted by Crippen LogP contribution is 2.28. The number of thioether (sulfide) groups is 1. The second-order valence-electron chi connectivity index (χ2n) is 4.23. The topological polar surface area (TPSA) is 42.0 Å². The quantitative estimate of drug-likeness (QED) is 0.932. The molecule has 1 aliphatic carbocycles. The highest BCUT2D eigenvalue weighted by molar-refractivity contribution is 9.10. The number of halogens is 1. The molecule has 17 heavy (non-hydrogen) atoms. The van der Waals surface area contributed by atoms with Crippen molar-refractivity contribution in [3.8, 4) is 0 Å². The van der Waals surface area contributed by atoms with Crippen molar-refractivity contribution in [3.63, 3.8) is 0 Å². The lowest BCUT2D eigenvalue weighted by molar-refractivity contribution is 0.0937. The first-order valence-corrected chi connectivity index (χ1v) is 7.71. The Hall–Kier alpha value is -0.550. The van der Waals surface area contributed by atoms with Crippen LogP contribution in [0.3, 0.4) is 0 Å². The van der Waals surface area contributed by atoms with Crippen LogP contribution in [0.25, 0.3) is 0 Å². The van der Waals surface area contributed by atoms with Crippen LogP contribution in [0, 0.1) is 0 Å². The molecule has 0 aliphatic heterocycles. The molecule has 0 aromatic carbocycles. The van der Waals surface area contributed by atoms with Crippen molar-refractivity contribution >= 4 is 33.6 Å². The molecule has 0 bridgehead atoms. The zero-order valence-corrected chi connectivity index (χ0v) is 12.1. The molecule has 2 atom stereocenters. The number of rotatable bonds is 3. The van der Waals surface area contributed by atoms with Gasteiger partial charge >= 0.3 is 0 Å². The van der Waals surface area contributed by atoms with Crippen molar-refractivity contribution in [2.45, 2.75) is 30.6 Å². The second kappa shape index (κ2) is 5.87. The van der Waals surface area contributed by atoms with Gasteiger partial charge in [-0.15, -0.1) is 0 Å². The maximum absolute atomic E-state index is 12.0. The van der Waals surface area contributed by atoms with E-state index in [2.05, 4.69) is 32.5 Å². The first kappa shape index (κ1) is 12.9. The number of carbonyl (C=O) groups is 1. The smallest absolute Gasteiger partial charge is 0.253 e. The Kier molecular flexibility index (Phi) is 4.45. The second-order valence-corrected chi connectivity index (χ2v) is 6.29. The van der Waals surface area contributed by atoms with E-state index in [4.69, 9.17) is 0 Å². The molecule has 1 aromatic heterocycles. The molecule has 2 unspecified atom stereocenters. The van der Waals surface area contributed by atoms with E-state index in [0.29, 0.717) is 16.9 Å². The number of pyridine rings is 1. The van der Waals surface area contributed by atoms with Gasteiger partial charge in [0.05, 0.1) is 5.56 Å². The lowest BCUT2D eigenvalue weighted by Gasteiger charge is -2.12. The Morgan fingerprint density at radius 3 is 3.00 bits per heavy atom. The molecule has 1 N–H and O–H groups in total. The van der Waals surface area contributed by atoms with Crippen molar-refractivity contribution in [2.75, 3.05) is 6.26 Å². The molecule has 0 saturated heterocycles. The van der Waals surface area contributed by atoms with Crippen LogP contribution in [0.5, 0.6) is 0 Å². The molecule has 1 saturated carbocycles. The van der Waals surface area contributed by atoms with E-state index in [0.717, 1.165) is 17.3 Å². The number of nitrogens with one attached hydrogen (secondary N) is 1. The van der Waals surface area contributed by atoms with E-state index in [1.54, 1.807) is 18.5 Å². The number of nitrogens with zero attached hydrogens (tertiary/aromatic N) is 1. The monoisotopic (exact) mass is 314 g/mol. The predicted octanol–water partition coefficient (Wildman–Crippen LogP) is 2.86. The largest absolute Gasteiger partial charge is 0.349 e. The molecule has 3 nitrogen and oxygen atoms in total. The van der Waals surface area contributed by atoms with E-state index in [-0.39, 0.29) is 5.91 Å².